The van der Waals surface area contributed by atoms with Crippen LogP contribution in [0.25, 0.3) is 21.6 Å². The molecule has 2 amide bonds. The second kappa shape index (κ2) is 17.7. The van der Waals surface area contributed by atoms with Gasteiger partial charge >= 0.3 is 0 Å². The summed E-state index contributed by atoms with van der Waals surface area (Å²) in [7, 11) is 1.57. The van der Waals surface area contributed by atoms with E-state index in [-0.39, 0.29) is 40.7 Å². The molecule has 4 aliphatic heterocycles. The van der Waals surface area contributed by atoms with Crippen molar-refractivity contribution in [1.29, 1.82) is 0 Å². The number of hydrogen-bond donors (Lipinski definition) is 3. The molecule has 0 spiro atoms. The quantitative estimate of drug-likeness (QED) is 0.163. The van der Waals surface area contributed by atoms with Crippen LogP contribution in [-0.4, -0.2) is 129 Å². The van der Waals surface area contributed by atoms with Crippen molar-refractivity contribution >= 4 is 45.0 Å². The fourth-order valence-electron chi connectivity index (χ4n) is 9.19. The fourth-order valence-corrected chi connectivity index (χ4v) is 10.3. The zero-order chi connectivity index (χ0) is 43.1. The van der Waals surface area contributed by atoms with Crippen molar-refractivity contribution in [3.63, 3.8) is 0 Å². The minimum atomic E-state index is -0.247. The van der Waals surface area contributed by atoms with Crippen molar-refractivity contribution in [3.05, 3.63) is 81.4 Å². The number of anilines is 2. The molecule has 4 N–H and O–H groups in total. The van der Waals surface area contributed by atoms with E-state index in [0.717, 1.165) is 111 Å². The number of carbonyl (C=O) groups is 2. The number of fused-ring (bicyclic) bond motifs is 2. The Morgan fingerprint density at radius 2 is 1.61 bits per heavy atom. The summed E-state index contributed by atoms with van der Waals surface area (Å²) >= 11 is 1.74. The second-order valence-corrected chi connectivity index (χ2v) is 18.3. The first kappa shape index (κ1) is 41.8. The van der Waals surface area contributed by atoms with Gasteiger partial charge in [0.1, 0.15) is 11.5 Å². The van der Waals surface area contributed by atoms with Gasteiger partial charge < -0.3 is 40.1 Å². The average molecular weight is 862 g/mol. The first-order valence-corrected chi connectivity index (χ1v) is 22.4. The van der Waals surface area contributed by atoms with Crippen LogP contribution in [0.3, 0.4) is 0 Å². The van der Waals surface area contributed by atoms with Crippen molar-refractivity contribution in [2.24, 2.45) is 5.92 Å². The molecule has 16 heteroatoms. The molecule has 5 aromatic rings. The normalized spacial score (nSPS) is 17.9. The van der Waals surface area contributed by atoms with Crippen molar-refractivity contribution in [1.82, 2.24) is 34.6 Å². The maximum absolute atomic E-state index is 13.8. The minimum absolute atomic E-state index is 0.00331. The molecule has 326 valence electrons. The lowest BCUT2D eigenvalue weighted by Gasteiger charge is -2.38. The number of nitrogens with zero attached hydrogens (tertiary/aromatic N) is 8. The molecule has 9 rings (SSSR count). The second-order valence-electron chi connectivity index (χ2n) is 17.2. The highest BCUT2D eigenvalue weighted by molar-refractivity contribution is 7.19. The standard InChI is InChI=1S/C46H55N9O6S/c1-28(2)35-21-36(39(57)22-38(35)56)46(59)55-25-31-5-4-29(18-33(31)26-55)24-52-10-12-54(13-11-52)45(58)30-6-8-51(9-7-30)27-34-20-37-41(62-34)44(53-14-16-61-17-15-53)50-43(49-37)32-19-40(60-3)42(47)48-23-32/h4-5,18-23,28,30,56-57H,6-17,24-27H2,1-3H3,(H2,47,48). The van der Waals surface area contributed by atoms with Gasteiger partial charge in [0.2, 0.25) is 5.91 Å². The summed E-state index contributed by atoms with van der Waals surface area (Å²) in [5.41, 5.74) is 11.9. The number of piperazine rings is 1. The van der Waals surface area contributed by atoms with Gasteiger partial charge in [-0.2, -0.15) is 0 Å². The van der Waals surface area contributed by atoms with Gasteiger partial charge in [0.05, 0.1) is 36.1 Å². The number of aromatic hydroxyl groups is 2. The van der Waals surface area contributed by atoms with Crippen molar-refractivity contribution in [3.8, 4) is 28.6 Å². The number of likely N-dealkylation sites (tertiary alicyclic amines) is 1. The van der Waals surface area contributed by atoms with Crippen LogP contribution in [0, 0.1) is 5.92 Å². The monoisotopic (exact) mass is 861 g/mol. The fraction of sp³-hybridized carbons (Fsp3) is 0.457. The molecule has 2 aromatic carbocycles. The van der Waals surface area contributed by atoms with Gasteiger partial charge in [-0.25, -0.2) is 15.0 Å². The Bertz CT molecular complexity index is 2470. The van der Waals surface area contributed by atoms with Crippen LogP contribution in [0.15, 0.2) is 48.7 Å². The third kappa shape index (κ3) is 8.61. The van der Waals surface area contributed by atoms with Crippen molar-refractivity contribution in [2.45, 2.75) is 58.8 Å². The molecule has 62 heavy (non-hydrogen) atoms. The number of nitrogen functional groups attached to an aromatic ring is 1. The largest absolute Gasteiger partial charge is 0.508 e. The highest BCUT2D eigenvalue weighted by Crippen LogP contribution is 2.38. The van der Waals surface area contributed by atoms with Crippen LogP contribution in [0.1, 0.15) is 70.1 Å². The molecule has 7 heterocycles. The summed E-state index contributed by atoms with van der Waals surface area (Å²) in [5, 5.41) is 20.8. The Labute approximate surface area is 365 Å². The lowest BCUT2D eigenvalue weighted by molar-refractivity contribution is -0.139. The Morgan fingerprint density at radius 3 is 2.35 bits per heavy atom. The molecule has 15 nitrogen and oxygen atoms in total. The number of phenolic OH excluding ortho intramolecular Hbond substituents is 2. The number of pyridine rings is 1. The van der Waals surface area contributed by atoms with E-state index in [1.165, 1.54) is 16.5 Å². The molecule has 3 fully saturated rings. The number of phenols is 2. The van der Waals surface area contributed by atoms with Gasteiger partial charge in [0, 0.05) is 94.1 Å². The molecule has 4 aliphatic rings. The van der Waals surface area contributed by atoms with Gasteiger partial charge in [-0.1, -0.05) is 32.0 Å². The third-order valence-corrected chi connectivity index (χ3v) is 13.9. The van der Waals surface area contributed by atoms with Gasteiger partial charge in [-0.3, -0.25) is 19.4 Å². The van der Waals surface area contributed by atoms with E-state index in [1.807, 2.05) is 19.9 Å². The maximum atomic E-state index is 13.8. The summed E-state index contributed by atoms with van der Waals surface area (Å²) < 4.78 is 12.1. The highest BCUT2D eigenvalue weighted by Gasteiger charge is 2.32. The highest BCUT2D eigenvalue weighted by atomic mass is 32.1. The molecule has 3 aromatic heterocycles. The predicted octanol–water partition coefficient (Wildman–Crippen LogP) is 5.43. The number of amides is 2. The SMILES string of the molecule is COc1cc(-c2nc(N3CCOCC3)c3sc(CN4CCC(C(=O)N5CCN(Cc6ccc7c(c6)CN(C(=O)c6cc(C(C)C)c(O)cc6O)C7)CC5)CC4)cc3n2)cnc1N. The van der Waals surface area contributed by atoms with Crippen LogP contribution in [0.4, 0.5) is 11.6 Å². The first-order chi connectivity index (χ1) is 30.0. The maximum Gasteiger partial charge on any atom is 0.258 e. The number of rotatable bonds is 10. The van der Waals surface area contributed by atoms with Gasteiger partial charge in [-0.05, 0) is 72.3 Å². The van der Waals surface area contributed by atoms with E-state index in [9.17, 15) is 19.8 Å². The number of thiophene rings is 1. The van der Waals surface area contributed by atoms with E-state index < -0.39 is 0 Å². The Morgan fingerprint density at radius 1 is 0.871 bits per heavy atom. The zero-order valence-electron chi connectivity index (χ0n) is 35.7. The van der Waals surface area contributed by atoms with Gasteiger partial charge in [0.25, 0.3) is 5.91 Å². The van der Waals surface area contributed by atoms with Gasteiger partial charge in [0.15, 0.2) is 23.2 Å². The van der Waals surface area contributed by atoms with E-state index >= 15 is 0 Å². The number of methoxy groups -OCH3 is 1. The van der Waals surface area contributed by atoms with Crippen molar-refractivity contribution in [2.75, 3.05) is 83.3 Å². The smallest absolute Gasteiger partial charge is 0.258 e. The zero-order valence-corrected chi connectivity index (χ0v) is 36.5. The van der Waals surface area contributed by atoms with Crippen LogP contribution in [-0.2, 0) is 35.7 Å². The number of ether oxygens (including phenoxy) is 2. The third-order valence-electron chi connectivity index (χ3n) is 12.8. The number of morpholine rings is 1. The molecule has 0 bridgehead atoms. The first-order valence-electron chi connectivity index (χ1n) is 21.6. The molecular weight excluding hydrogens is 807 g/mol. The Balaban J connectivity index is 0.773. The number of aromatic nitrogens is 3. The van der Waals surface area contributed by atoms with Crippen LogP contribution in [0.5, 0.6) is 17.2 Å². The minimum Gasteiger partial charge on any atom is -0.508 e. The molecule has 0 aliphatic carbocycles. The lowest BCUT2D eigenvalue weighted by Crippen LogP contribution is -2.51. The van der Waals surface area contributed by atoms with E-state index in [1.54, 1.807) is 35.6 Å². The summed E-state index contributed by atoms with van der Waals surface area (Å²) in [4.78, 5) is 53.8. The number of benzene rings is 2. The van der Waals surface area contributed by atoms with E-state index in [2.05, 4.69) is 48.8 Å². The summed E-state index contributed by atoms with van der Waals surface area (Å²) in [6.45, 7) is 14.0. The topological polar surface area (TPSA) is 174 Å². The summed E-state index contributed by atoms with van der Waals surface area (Å²) in [5.74, 6) is 2.17. The molecule has 0 radical (unpaired) electrons. The predicted molar refractivity (Wildman–Crippen MR) is 238 cm³/mol. The number of piperidine rings is 1. The molecule has 0 unspecified atom stereocenters. The van der Waals surface area contributed by atoms with E-state index in [4.69, 9.17) is 25.2 Å². The van der Waals surface area contributed by atoms with Gasteiger partial charge in [-0.15, -0.1) is 11.3 Å². The molecule has 0 atom stereocenters. The van der Waals surface area contributed by atoms with Crippen molar-refractivity contribution < 1.29 is 29.3 Å². The van der Waals surface area contributed by atoms with Crippen LogP contribution < -0.4 is 15.4 Å². The Kier molecular flexibility index (Phi) is 11.9. The molecule has 3 saturated heterocycles. The summed E-state index contributed by atoms with van der Waals surface area (Å²) in [6.07, 6.45) is 3.38. The van der Waals surface area contributed by atoms with Crippen LogP contribution >= 0.6 is 11.3 Å². The number of carbonyl (C=O) groups excluding carboxylic acids is 2. The van der Waals surface area contributed by atoms with E-state index in [0.29, 0.717) is 49.3 Å². The Hall–Kier alpha value is -5.55. The summed E-state index contributed by atoms with van der Waals surface area (Å²) in [6, 6.07) is 13.3. The molecule has 0 saturated carbocycles. The number of hydrogen-bond acceptors (Lipinski definition) is 14. The molecular formula is C46H55N9O6S. The average Bonchev–Trinajstić information content (AvgIpc) is 3.90. The lowest BCUT2D eigenvalue weighted by atomic mass is 9.95. The number of nitrogens with two attached hydrogens (primary N) is 1. The van der Waals surface area contributed by atoms with Crippen LogP contribution in [0.2, 0.25) is 0 Å².